The number of carbonyl (C=O) groups excluding carboxylic acids is 1. The first-order valence-electron chi connectivity index (χ1n) is 8.59. The summed E-state index contributed by atoms with van der Waals surface area (Å²) < 4.78 is 6.01. The van der Waals surface area contributed by atoms with Gasteiger partial charge in [0.1, 0.15) is 17.5 Å². The summed E-state index contributed by atoms with van der Waals surface area (Å²) in [7, 11) is 0. The zero-order chi connectivity index (χ0) is 19.8. The van der Waals surface area contributed by atoms with Crippen LogP contribution >= 0.6 is 11.3 Å². The summed E-state index contributed by atoms with van der Waals surface area (Å²) in [6.07, 6.45) is 0.302. The summed E-state index contributed by atoms with van der Waals surface area (Å²) in [6, 6.07) is 1.37. The molecule has 9 nitrogen and oxygen atoms in total. The number of β-amino-alcohol motifs (C(OH)–C–C–N with tert-alkyl or cyclic N) is 1. The highest BCUT2D eigenvalue weighted by Crippen LogP contribution is 2.36. The fourth-order valence-corrected chi connectivity index (χ4v) is 3.81. The Morgan fingerprint density at radius 2 is 2.26 bits per heavy atom. The molecule has 3 rings (SSSR count). The number of pyridine rings is 1. The molecular weight excluding hydrogens is 372 g/mol. The number of likely N-dealkylation sites (tertiary alicyclic amines) is 1. The van der Waals surface area contributed by atoms with Crippen molar-refractivity contribution in [3.63, 3.8) is 0 Å². The van der Waals surface area contributed by atoms with Gasteiger partial charge < -0.3 is 20.1 Å². The molecule has 1 amide bonds. The van der Waals surface area contributed by atoms with Gasteiger partial charge in [-0.3, -0.25) is 10.1 Å². The highest BCUT2D eigenvalue weighted by atomic mass is 32.1. The molecule has 1 saturated heterocycles. The number of nitrogens with zero attached hydrogens (tertiary/aromatic N) is 3. The minimum atomic E-state index is -0.881. The van der Waals surface area contributed by atoms with Crippen LogP contribution in [0.4, 0.5) is 16.2 Å². The SMILES string of the molecule is CC(C)(C)OC(=O)N1CCC(Nc2c([N+](=O)[O-])cnc3ccsc23)C(O)C1. The molecule has 2 unspecified atom stereocenters. The van der Waals surface area contributed by atoms with Crippen molar-refractivity contribution in [2.24, 2.45) is 0 Å². The second-order valence-corrected chi connectivity index (χ2v) is 8.36. The molecule has 2 atom stereocenters. The molecule has 0 bridgehead atoms. The number of aromatic nitrogens is 1. The van der Waals surface area contributed by atoms with Gasteiger partial charge in [0.05, 0.1) is 33.8 Å². The zero-order valence-corrected chi connectivity index (χ0v) is 16.2. The number of rotatable bonds is 3. The maximum Gasteiger partial charge on any atom is 0.410 e. The van der Waals surface area contributed by atoms with Crippen LogP contribution in [0.25, 0.3) is 10.2 Å². The van der Waals surface area contributed by atoms with Crippen LogP contribution in [-0.2, 0) is 4.74 Å². The molecule has 1 fully saturated rings. The van der Waals surface area contributed by atoms with Gasteiger partial charge in [-0.25, -0.2) is 9.78 Å². The molecule has 2 aromatic heterocycles. The highest BCUT2D eigenvalue weighted by molar-refractivity contribution is 7.17. The van der Waals surface area contributed by atoms with E-state index < -0.39 is 28.8 Å². The average Bonchev–Trinajstić information content (AvgIpc) is 3.03. The molecule has 27 heavy (non-hydrogen) atoms. The molecule has 10 heteroatoms. The predicted octanol–water partition coefficient (Wildman–Crippen LogP) is 2.99. The van der Waals surface area contributed by atoms with Gasteiger partial charge in [0, 0.05) is 6.54 Å². The molecule has 0 aliphatic carbocycles. The van der Waals surface area contributed by atoms with E-state index in [0.717, 1.165) is 0 Å². The van der Waals surface area contributed by atoms with E-state index in [-0.39, 0.29) is 12.2 Å². The second-order valence-electron chi connectivity index (χ2n) is 7.44. The molecular formula is C17H22N4O5S. The van der Waals surface area contributed by atoms with E-state index in [1.165, 1.54) is 22.4 Å². The van der Waals surface area contributed by atoms with Crippen LogP contribution < -0.4 is 5.32 Å². The van der Waals surface area contributed by atoms with Crippen LogP contribution in [0, 0.1) is 10.1 Å². The van der Waals surface area contributed by atoms with Crippen molar-refractivity contribution in [2.75, 3.05) is 18.4 Å². The zero-order valence-electron chi connectivity index (χ0n) is 15.3. The van der Waals surface area contributed by atoms with Crippen molar-refractivity contribution in [1.82, 2.24) is 9.88 Å². The first-order valence-corrected chi connectivity index (χ1v) is 9.47. The van der Waals surface area contributed by atoms with Crippen molar-refractivity contribution >= 4 is 39.0 Å². The molecule has 2 N–H and O–H groups in total. The van der Waals surface area contributed by atoms with Gasteiger partial charge >= 0.3 is 11.8 Å². The minimum absolute atomic E-state index is 0.0963. The van der Waals surface area contributed by atoms with Gasteiger partial charge in [0.2, 0.25) is 0 Å². The lowest BCUT2D eigenvalue weighted by molar-refractivity contribution is -0.384. The maximum absolute atomic E-state index is 12.2. The number of hydrogen-bond acceptors (Lipinski definition) is 8. The van der Waals surface area contributed by atoms with E-state index in [0.29, 0.717) is 28.9 Å². The Labute approximate surface area is 160 Å². The number of carbonyl (C=O) groups is 1. The lowest BCUT2D eigenvalue weighted by atomic mass is 10.0. The van der Waals surface area contributed by atoms with Gasteiger partial charge in [0.25, 0.3) is 0 Å². The minimum Gasteiger partial charge on any atom is -0.444 e. The fourth-order valence-electron chi connectivity index (χ4n) is 2.96. The molecule has 1 aliphatic heterocycles. The summed E-state index contributed by atoms with van der Waals surface area (Å²) in [5.74, 6) is 0. The van der Waals surface area contributed by atoms with Crippen molar-refractivity contribution in [1.29, 1.82) is 0 Å². The van der Waals surface area contributed by atoms with Crippen LogP contribution in [0.3, 0.4) is 0 Å². The average molecular weight is 394 g/mol. The van der Waals surface area contributed by atoms with Gasteiger partial charge in [-0.05, 0) is 38.6 Å². The number of aliphatic hydroxyl groups is 1. The third-order valence-corrected chi connectivity index (χ3v) is 5.13. The number of nitro groups is 1. The lowest BCUT2D eigenvalue weighted by Gasteiger charge is -2.37. The first kappa shape index (κ1) is 19.3. The molecule has 146 valence electrons. The molecule has 0 aromatic carbocycles. The molecule has 2 aromatic rings. The lowest BCUT2D eigenvalue weighted by Crippen LogP contribution is -2.52. The monoisotopic (exact) mass is 394 g/mol. The molecule has 0 spiro atoms. The number of piperidine rings is 1. The molecule has 1 aliphatic rings. The number of aliphatic hydroxyl groups excluding tert-OH is 1. The number of thiophene rings is 1. The van der Waals surface area contributed by atoms with Crippen molar-refractivity contribution < 1.29 is 19.6 Å². The van der Waals surface area contributed by atoms with E-state index >= 15 is 0 Å². The topological polar surface area (TPSA) is 118 Å². The van der Waals surface area contributed by atoms with E-state index in [2.05, 4.69) is 10.3 Å². The number of nitrogens with one attached hydrogen (secondary N) is 1. The van der Waals surface area contributed by atoms with Gasteiger partial charge in [-0.15, -0.1) is 11.3 Å². The number of anilines is 1. The number of amides is 1. The third-order valence-electron chi connectivity index (χ3n) is 4.21. The van der Waals surface area contributed by atoms with Gasteiger partial charge in [-0.2, -0.15) is 0 Å². The van der Waals surface area contributed by atoms with E-state index in [1.54, 1.807) is 26.8 Å². The van der Waals surface area contributed by atoms with Crippen LogP contribution in [-0.4, -0.2) is 56.8 Å². The van der Waals surface area contributed by atoms with Crippen molar-refractivity contribution in [3.05, 3.63) is 27.8 Å². The van der Waals surface area contributed by atoms with Crippen LogP contribution in [0.5, 0.6) is 0 Å². The Hall–Kier alpha value is -2.46. The number of hydrogen-bond donors (Lipinski definition) is 2. The Morgan fingerprint density at radius 1 is 1.52 bits per heavy atom. The largest absolute Gasteiger partial charge is 0.444 e. The summed E-state index contributed by atoms with van der Waals surface area (Å²) in [5, 5.41) is 26.8. The first-order chi connectivity index (χ1) is 12.7. The fraction of sp³-hybridized carbons (Fsp3) is 0.529. The van der Waals surface area contributed by atoms with Gasteiger partial charge in [0.15, 0.2) is 0 Å². The van der Waals surface area contributed by atoms with Crippen LogP contribution in [0.2, 0.25) is 0 Å². The molecule has 0 saturated carbocycles. The Morgan fingerprint density at radius 3 is 2.89 bits per heavy atom. The smallest absolute Gasteiger partial charge is 0.410 e. The number of ether oxygens (including phenoxy) is 1. The van der Waals surface area contributed by atoms with Crippen LogP contribution in [0.15, 0.2) is 17.6 Å². The standard InChI is InChI=1S/C17H22N4O5S/c1-17(2,3)26-16(23)20-6-4-10(13(22)9-20)19-14-12(21(24)25)8-18-11-5-7-27-15(11)14/h5,7-8,10,13,22H,4,6,9H2,1-3H3,(H,18,19). The Kier molecular flexibility index (Phi) is 5.20. The normalized spacial score (nSPS) is 20.5. The highest BCUT2D eigenvalue weighted by Gasteiger charge is 2.34. The quantitative estimate of drug-likeness (QED) is 0.607. The summed E-state index contributed by atoms with van der Waals surface area (Å²) in [6.45, 7) is 5.83. The van der Waals surface area contributed by atoms with E-state index in [1.807, 2.05) is 5.38 Å². The summed E-state index contributed by atoms with van der Waals surface area (Å²) in [4.78, 5) is 28.6. The van der Waals surface area contributed by atoms with Crippen molar-refractivity contribution in [2.45, 2.75) is 44.9 Å². The predicted molar refractivity (Wildman–Crippen MR) is 102 cm³/mol. The van der Waals surface area contributed by atoms with E-state index in [4.69, 9.17) is 4.74 Å². The second kappa shape index (κ2) is 7.28. The molecule has 0 radical (unpaired) electrons. The third kappa shape index (κ3) is 4.28. The van der Waals surface area contributed by atoms with Gasteiger partial charge in [-0.1, -0.05) is 0 Å². The summed E-state index contributed by atoms with van der Waals surface area (Å²) in [5.41, 5.74) is 0.273. The van der Waals surface area contributed by atoms with Crippen LogP contribution in [0.1, 0.15) is 27.2 Å². The Balaban J connectivity index is 1.76. The number of fused-ring (bicyclic) bond motifs is 1. The Bertz CT molecular complexity index is 863. The summed E-state index contributed by atoms with van der Waals surface area (Å²) >= 11 is 1.35. The van der Waals surface area contributed by atoms with Crippen molar-refractivity contribution in [3.8, 4) is 0 Å². The molecule has 3 heterocycles. The van der Waals surface area contributed by atoms with E-state index in [9.17, 15) is 20.0 Å². The maximum atomic E-state index is 12.2.